The van der Waals surface area contributed by atoms with Crippen LogP contribution in [-0.2, 0) is 16.8 Å². The Bertz CT molecular complexity index is 1280. The van der Waals surface area contributed by atoms with E-state index < -0.39 is 5.41 Å². The number of fused-ring (bicyclic) bond motifs is 1. The fourth-order valence-corrected chi connectivity index (χ4v) is 3.91. The molecule has 6 heteroatoms. The van der Waals surface area contributed by atoms with Gasteiger partial charge in [0.25, 0.3) is 0 Å². The lowest BCUT2D eigenvalue weighted by atomic mass is 9.83. The number of hydrogen-bond acceptors (Lipinski definition) is 4. The van der Waals surface area contributed by atoms with Crippen molar-refractivity contribution in [1.82, 2.24) is 14.9 Å². The van der Waals surface area contributed by atoms with E-state index in [1.54, 1.807) is 0 Å². The molecule has 6 nitrogen and oxygen atoms in total. The van der Waals surface area contributed by atoms with Crippen molar-refractivity contribution in [1.29, 1.82) is 0 Å². The van der Waals surface area contributed by atoms with Gasteiger partial charge in [0.15, 0.2) is 11.5 Å². The molecule has 1 aromatic heterocycles. The van der Waals surface area contributed by atoms with Crippen molar-refractivity contribution in [2.75, 3.05) is 13.2 Å². The van der Waals surface area contributed by atoms with Gasteiger partial charge in [-0.05, 0) is 75.2 Å². The van der Waals surface area contributed by atoms with Crippen LogP contribution in [0.4, 0.5) is 0 Å². The highest BCUT2D eigenvalue weighted by atomic mass is 16.5. The number of rotatable bonds is 9. The summed E-state index contributed by atoms with van der Waals surface area (Å²) in [5, 5.41) is 3.08. The molecule has 4 rings (SSSR count). The second kappa shape index (κ2) is 10.00. The zero-order valence-corrected chi connectivity index (χ0v) is 20.2. The van der Waals surface area contributed by atoms with E-state index in [-0.39, 0.29) is 5.91 Å². The van der Waals surface area contributed by atoms with Crippen LogP contribution in [-0.4, -0.2) is 28.7 Å². The lowest BCUT2D eigenvalue weighted by Gasteiger charge is -2.25. The fraction of sp³-hybridized carbons (Fsp3) is 0.286. The minimum absolute atomic E-state index is 0.0520. The van der Waals surface area contributed by atoms with Gasteiger partial charge in [-0.15, -0.1) is 0 Å². The van der Waals surface area contributed by atoms with Gasteiger partial charge in [0.2, 0.25) is 5.91 Å². The first-order chi connectivity index (χ1) is 16.4. The molecule has 0 aliphatic rings. The Hall–Kier alpha value is -3.80. The van der Waals surface area contributed by atoms with E-state index in [0.29, 0.717) is 31.3 Å². The molecule has 1 N–H and O–H groups in total. The number of ether oxygens (including phenoxy) is 2. The van der Waals surface area contributed by atoms with E-state index in [1.165, 1.54) is 0 Å². The molecule has 1 amide bonds. The normalized spacial score (nSPS) is 11.4. The molecule has 0 saturated heterocycles. The monoisotopic (exact) mass is 457 g/mol. The molecular weight excluding hydrogens is 426 g/mol. The summed E-state index contributed by atoms with van der Waals surface area (Å²) in [6.45, 7) is 9.23. The molecular formula is C28H31N3O3. The molecule has 176 valence electrons. The molecule has 4 aromatic rings. The summed E-state index contributed by atoms with van der Waals surface area (Å²) in [5.74, 6) is 1.30. The summed E-state index contributed by atoms with van der Waals surface area (Å²) in [6.07, 6.45) is 1.83. The predicted octanol–water partition coefficient (Wildman–Crippen LogP) is 5.42. The molecule has 0 unspecified atom stereocenters. The van der Waals surface area contributed by atoms with E-state index in [9.17, 15) is 4.79 Å². The first-order valence-corrected chi connectivity index (χ1v) is 11.6. The summed E-state index contributed by atoms with van der Waals surface area (Å²) >= 11 is 0. The van der Waals surface area contributed by atoms with Crippen LogP contribution in [0.5, 0.6) is 11.5 Å². The van der Waals surface area contributed by atoms with Gasteiger partial charge in [-0.2, -0.15) is 0 Å². The Morgan fingerprint density at radius 1 is 0.941 bits per heavy atom. The number of carbonyl (C=O) groups is 1. The number of hydrogen-bond donors (Lipinski definition) is 1. The van der Waals surface area contributed by atoms with Crippen molar-refractivity contribution >= 4 is 16.9 Å². The lowest BCUT2D eigenvalue weighted by molar-refractivity contribution is -0.125. The Kier molecular flexibility index (Phi) is 6.87. The summed E-state index contributed by atoms with van der Waals surface area (Å²) in [6, 6.07) is 21.9. The molecule has 0 fully saturated rings. The van der Waals surface area contributed by atoms with Crippen molar-refractivity contribution in [3.05, 3.63) is 84.2 Å². The SMILES string of the molecule is CCOc1ccc(C(C)(C)C(=O)NCc2ccc(-n3cnc4ccccc43)cc2)cc1OCC. The van der Waals surface area contributed by atoms with Crippen LogP contribution in [0.15, 0.2) is 73.1 Å². The van der Waals surface area contributed by atoms with Gasteiger partial charge in [-0.25, -0.2) is 4.98 Å². The van der Waals surface area contributed by atoms with Crippen LogP contribution in [0.2, 0.25) is 0 Å². The fourth-order valence-electron chi connectivity index (χ4n) is 3.91. The van der Waals surface area contributed by atoms with Crippen LogP contribution < -0.4 is 14.8 Å². The summed E-state index contributed by atoms with van der Waals surface area (Å²) in [7, 11) is 0. The number of nitrogens with zero attached hydrogens (tertiary/aromatic N) is 2. The zero-order valence-electron chi connectivity index (χ0n) is 20.2. The summed E-state index contributed by atoms with van der Waals surface area (Å²) < 4.78 is 13.4. The highest BCUT2D eigenvalue weighted by Crippen LogP contribution is 2.34. The van der Waals surface area contributed by atoms with Crippen LogP contribution in [0.25, 0.3) is 16.7 Å². The van der Waals surface area contributed by atoms with E-state index >= 15 is 0 Å². The molecule has 34 heavy (non-hydrogen) atoms. The van der Waals surface area contributed by atoms with Crippen molar-refractivity contribution in [2.24, 2.45) is 0 Å². The Balaban J connectivity index is 1.45. The second-order valence-electron chi connectivity index (χ2n) is 8.60. The number of benzene rings is 3. The molecule has 0 spiro atoms. The first kappa shape index (κ1) is 23.4. The number of aromatic nitrogens is 2. The minimum atomic E-state index is -0.730. The maximum Gasteiger partial charge on any atom is 0.230 e. The summed E-state index contributed by atoms with van der Waals surface area (Å²) in [4.78, 5) is 17.6. The van der Waals surface area contributed by atoms with Crippen LogP contribution in [0.1, 0.15) is 38.8 Å². The molecule has 0 atom stereocenters. The molecule has 0 radical (unpaired) electrons. The largest absolute Gasteiger partial charge is 0.490 e. The number of carbonyl (C=O) groups excluding carboxylic acids is 1. The highest BCUT2D eigenvalue weighted by Gasteiger charge is 2.30. The molecule has 0 aliphatic carbocycles. The van der Waals surface area contributed by atoms with Gasteiger partial charge in [-0.3, -0.25) is 9.36 Å². The number of imidazole rings is 1. The Labute approximate surface area is 200 Å². The standard InChI is InChI=1S/C28H31N3O3/c1-5-33-25-16-13-21(17-26(25)34-6-2)28(3,4)27(32)29-18-20-11-14-22(15-12-20)31-19-30-23-9-7-8-10-24(23)31/h7-17,19H,5-6,18H2,1-4H3,(H,29,32). The van der Waals surface area contributed by atoms with E-state index in [2.05, 4.69) is 20.9 Å². The quantitative estimate of drug-likeness (QED) is 0.365. The van der Waals surface area contributed by atoms with Crippen LogP contribution in [0, 0.1) is 0 Å². The smallest absolute Gasteiger partial charge is 0.230 e. The maximum absolute atomic E-state index is 13.1. The van der Waals surface area contributed by atoms with Crippen molar-refractivity contribution in [3.63, 3.8) is 0 Å². The third-order valence-electron chi connectivity index (χ3n) is 5.95. The molecule has 0 saturated carbocycles. The number of nitrogens with one attached hydrogen (secondary N) is 1. The van der Waals surface area contributed by atoms with Crippen LogP contribution >= 0.6 is 0 Å². The maximum atomic E-state index is 13.1. The first-order valence-electron chi connectivity index (χ1n) is 11.6. The lowest BCUT2D eigenvalue weighted by Crippen LogP contribution is -2.39. The molecule has 0 bridgehead atoms. The Morgan fingerprint density at radius 2 is 1.65 bits per heavy atom. The third-order valence-corrected chi connectivity index (χ3v) is 5.95. The van der Waals surface area contributed by atoms with Gasteiger partial charge >= 0.3 is 0 Å². The third kappa shape index (κ3) is 4.76. The van der Waals surface area contributed by atoms with Crippen molar-refractivity contribution < 1.29 is 14.3 Å². The number of para-hydroxylation sites is 2. The molecule has 0 aliphatic heterocycles. The molecule has 1 heterocycles. The average molecular weight is 458 g/mol. The van der Waals surface area contributed by atoms with Crippen molar-refractivity contribution in [2.45, 2.75) is 39.7 Å². The average Bonchev–Trinajstić information content (AvgIpc) is 3.28. The predicted molar refractivity (Wildman–Crippen MR) is 135 cm³/mol. The minimum Gasteiger partial charge on any atom is -0.490 e. The Morgan fingerprint density at radius 3 is 2.38 bits per heavy atom. The van der Waals surface area contributed by atoms with Gasteiger partial charge < -0.3 is 14.8 Å². The second-order valence-corrected chi connectivity index (χ2v) is 8.60. The van der Waals surface area contributed by atoms with Crippen LogP contribution in [0.3, 0.4) is 0 Å². The number of amides is 1. The van der Waals surface area contributed by atoms with Gasteiger partial charge in [0.05, 0.1) is 29.7 Å². The van der Waals surface area contributed by atoms with E-state index in [4.69, 9.17) is 9.47 Å². The summed E-state index contributed by atoms with van der Waals surface area (Å²) in [5.41, 5.74) is 4.22. The topological polar surface area (TPSA) is 65.4 Å². The van der Waals surface area contributed by atoms with E-state index in [0.717, 1.165) is 27.8 Å². The molecule has 3 aromatic carbocycles. The highest BCUT2D eigenvalue weighted by molar-refractivity contribution is 5.87. The van der Waals surface area contributed by atoms with E-state index in [1.807, 2.05) is 94.7 Å². The van der Waals surface area contributed by atoms with Crippen molar-refractivity contribution in [3.8, 4) is 17.2 Å². The van der Waals surface area contributed by atoms with Gasteiger partial charge in [0, 0.05) is 12.2 Å². The van der Waals surface area contributed by atoms with Gasteiger partial charge in [-0.1, -0.05) is 30.3 Å². The zero-order chi connectivity index (χ0) is 24.1. The van der Waals surface area contributed by atoms with Gasteiger partial charge in [0.1, 0.15) is 6.33 Å².